The van der Waals surface area contributed by atoms with Gasteiger partial charge in [-0.2, -0.15) is 0 Å². The normalized spacial score (nSPS) is 13.6. The first kappa shape index (κ1) is 12.9. The molecule has 0 aliphatic rings. The predicted molar refractivity (Wildman–Crippen MR) is 59.9 cm³/mol. The highest BCUT2D eigenvalue weighted by molar-refractivity contribution is 4.60. The van der Waals surface area contributed by atoms with Gasteiger partial charge in [-0.15, -0.1) is 0 Å². The summed E-state index contributed by atoms with van der Waals surface area (Å²) in [5, 5.41) is 0. The summed E-state index contributed by atoms with van der Waals surface area (Å²) in [6, 6.07) is 0. The van der Waals surface area contributed by atoms with Crippen LogP contribution in [0, 0.1) is 5.92 Å². The van der Waals surface area contributed by atoms with E-state index < -0.39 is 0 Å². The molecule has 80 valence electrons. The minimum Gasteiger partial charge on any atom is -0.330 e. The van der Waals surface area contributed by atoms with Crippen LogP contribution < -0.4 is 5.73 Å². The van der Waals surface area contributed by atoms with Gasteiger partial charge in [0.2, 0.25) is 0 Å². The van der Waals surface area contributed by atoms with Crippen LogP contribution >= 0.6 is 0 Å². The zero-order valence-electron chi connectivity index (χ0n) is 9.55. The molecule has 1 unspecified atom stereocenters. The molecule has 0 rings (SSSR count). The van der Waals surface area contributed by atoms with Crippen LogP contribution in [0.15, 0.2) is 0 Å². The maximum absolute atomic E-state index is 5.58. The first-order valence-electron chi connectivity index (χ1n) is 5.55. The van der Waals surface area contributed by atoms with E-state index in [1.54, 1.807) is 0 Å². The Hall–Kier alpha value is -0.0800. The van der Waals surface area contributed by atoms with E-state index in [1.807, 2.05) is 0 Å². The first-order valence-corrected chi connectivity index (χ1v) is 5.55. The van der Waals surface area contributed by atoms with Gasteiger partial charge >= 0.3 is 0 Å². The molecule has 0 aromatic rings. The third-order valence-electron chi connectivity index (χ3n) is 2.49. The largest absolute Gasteiger partial charge is 0.330 e. The van der Waals surface area contributed by atoms with Crippen LogP contribution in [0.1, 0.15) is 39.0 Å². The molecule has 0 saturated carbocycles. The Morgan fingerprint density at radius 2 is 1.85 bits per heavy atom. The van der Waals surface area contributed by atoms with Crippen LogP contribution in [0.3, 0.4) is 0 Å². The maximum Gasteiger partial charge on any atom is -0.00247 e. The molecule has 0 aromatic carbocycles. The van der Waals surface area contributed by atoms with Gasteiger partial charge in [0.05, 0.1) is 0 Å². The molecule has 0 aromatic heterocycles. The fraction of sp³-hybridized carbons (Fsp3) is 1.00. The zero-order valence-corrected chi connectivity index (χ0v) is 9.55. The molecule has 0 radical (unpaired) electrons. The molecule has 2 nitrogen and oxygen atoms in total. The van der Waals surface area contributed by atoms with Gasteiger partial charge in [-0.3, -0.25) is 0 Å². The van der Waals surface area contributed by atoms with E-state index in [0.717, 1.165) is 12.5 Å². The monoisotopic (exact) mass is 186 g/mol. The summed E-state index contributed by atoms with van der Waals surface area (Å²) in [6.07, 6.45) is 6.53. The standard InChI is InChI=1S/C11H26N2/c1-4-6-11(8-9-12)7-5-10-13(2)3/h11H,4-10,12H2,1-3H3. The van der Waals surface area contributed by atoms with Gasteiger partial charge in [0, 0.05) is 0 Å². The van der Waals surface area contributed by atoms with Crippen molar-refractivity contribution in [3.63, 3.8) is 0 Å². The minimum absolute atomic E-state index is 0.854. The second-order valence-electron chi connectivity index (χ2n) is 4.18. The van der Waals surface area contributed by atoms with E-state index in [2.05, 4.69) is 25.9 Å². The van der Waals surface area contributed by atoms with Crippen molar-refractivity contribution in [3.05, 3.63) is 0 Å². The zero-order chi connectivity index (χ0) is 10.1. The molecule has 0 aliphatic carbocycles. The molecule has 1 atom stereocenters. The summed E-state index contributed by atoms with van der Waals surface area (Å²) in [6.45, 7) is 4.33. The molecule has 0 bridgehead atoms. The molecule has 0 saturated heterocycles. The van der Waals surface area contributed by atoms with Gasteiger partial charge in [0.15, 0.2) is 0 Å². The Morgan fingerprint density at radius 3 is 2.31 bits per heavy atom. The van der Waals surface area contributed by atoms with Crippen molar-refractivity contribution in [2.75, 3.05) is 27.2 Å². The van der Waals surface area contributed by atoms with Gasteiger partial charge in [-0.25, -0.2) is 0 Å². The third-order valence-corrected chi connectivity index (χ3v) is 2.49. The van der Waals surface area contributed by atoms with Crippen molar-refractivity contribution in [1.82, 2.24) is 4.90 Å². The van der Waals surface area contributed by atoms with Crippen molar-refractivity contribution < 1.29 is 0 Å². The maximum atomic E-state index is 5.58. The summed E-state index contributed by atoms with van der Waals surface area (Å²) < 4.78 is 0. The highest BCUT2D eigenvalue weighted by Gasteiger charge is 2.06. The van der Waals surface area contributed by atoms with Gasteiger partial charge < -0.3 is 10.6 Å². The summed E-state index contributed by atoms with van der Waals surface area (Å²) in [4.78, 5) is 2.26. The van der Waals surface area contributed by atoms with Gasteiger partial charge in [0.1, 0.15) is 0 Å². The van der Waals surface area contributed by atoms with Crippen LogP contribution in [0.2, 0.25) is 0 Å². The van der Waals surface area contributed by atoms with E-state index in [-0.39, 0.29) is 0 Å². The number of nitrogens with zero attached hydrogens (tertiary/aromatic N) is 1. The molecule has 13 heavy (non-hydrogen) atoms. The first-order chi connectivity index (χ1) is 6.20. The highest BCUT2D eigenvalue weighted by Crippen LogP contribution is 2.16. The summed E-state index contributed by atoms with van der Waals surface area (Å²) in [5.41, 5.74) is 5.58. The molecule has 0 heterocycles. The van der Waals surface area contributed by atoms with Crippen LogP contribution in [0.5, 0.6) is 0 Å². The molecule has 0 aliphatic heterocycles. The van der Waals surface area contributed by atoms with Crippen molar-refractivity contribution >= 4 is 0 Å². The lowest BCUT2D eigenvalue weighted by atomic mass is 9.94. The Bertz CT molecular complexity index is 96.3. The third kappa shape index (κ3) is 8.26. The van der Waals surface area contributed by atoms with Crippen molar-refractivity contribution in [1.29, 1.82) is 0 Å². The van der Waals surface area contributed by atoms with Crippen LogP contribution in [-0.4, -0.2) is 32.1 Å². The smallest absolute Gasteiger partial charge is 0.00247 e. The molecule has 2 N–H and O–H groups in total. The Balaban J connectivity index is 3.44. The molecule has 0 amide bonds. The quantitative estimate of drug-likeness (QED) is 0.629. The number of hydrogen-bond acceptors (Lipinski definition) is 2. The number of rotatable bonds is 8. The molecule has 2 heteroatoms. The second kappa shape index (κ2) is 8.52. The van der Waals surface area contributed by atoms with E-state index >= 15 is 0 Å². The van der Waals surface area contributed by atoms with Gasteiger partial charge in [0.25, 0.3) is 0 Å². The van der Waals surface area contributed by atoms with Gasteiger partial charge in [-0.1, -0.05) is 19.8 Å². The van der Waals surface area contributed by atoms with Gasteiger partial charge in [-0.05, 0) is 52.4 Å². The molecular weight excluding hydrogens is 160 g/mol. The average Bonchev–Trinajstić information content (AvgIpc) is 2.04. The van der Waals surface area contributed by atoms with E-state index in [9.17, 15) is 0 Å². The lowest BCUT2D eigenvalue weighted by Crippen LogP contribution is -2.15. The van der Waals surface area contributed by atoms with Crippen LogP contribution in [0.25, 0.3) is 0 Å². The van der Waals surface area contributed by atoms with Crippen LogP contribution in [0.4, 0.5) is 0 Å². The number of nitrogens with two attached hydrogens (primary N) is 1. The fourth-order valence-corrected chi connectivity index (χ4v) is 1.77. The Morgan fingerprint density at radius 1 is 1.15 bits per heavy atom. The topological polar surface area (TPSA) is 29.3 Å². The molecule has 0 spiro atoms. The summed E-state index contributed by atoms with van der Waals surface area (Å²) in [7, 11) is 4.27. The van der Waals surface area contributed by atoms with Crippen LogP contribution in [-0.2, 0) is 0 Å². The van der Waals surface area contributed by atoms with E-state index in [1.165, 1.54) is 38.6 Å². The van der Waals surface area contributed by atoms with E-state index in [0.29, 0.717) is 0 Å². The fourth-order valence-electron chi connectivity index (χ4n) is 1.77. The Kier molecular flexibility index (Phi) is 8.46. The van der Waals surface area contributed by atoms with Crippen molar-refractivity contribution in [3.8, 4) is 0 Å². The van der Waals surface area contributed by atoms with Crippen molar-refractivity contribution in [2.45, 2.75) is 39.0 Å². The lowest BCUT2D eigenvalue weighted by molar-refractivity contribution is 0.347. The Labute approximate surface area is 83.5 Å². The summed E-state index contributed by atoms with van der Waals surface area (Å²) in [5.74, 6) is 0.870. The lowest BCUT2D eigenvalue weighted by Gasteiger charge is -2.16. The molecule has 0 fully saturated rings. The molecular formula is C11H26N2. The number of hydrogen-bond donors (Lipinski definition) is 1. The predicted octanol–water partition coefficient (Wildman–Crippen LogP) is 2.09. The summed E-state index contributed by atoms with van der Waals surface area (Å²) >= 11 is 0. The average molecular weight is 186 g/mol. The second-order valence-corrected chi connectivity index (χ2v) is 4.18. The highest BCUT2D eigenvalue weighted by atomic mass is 15.0. The SMILES string of the molecule is CCCC(CCN)CCCN(C)C. The minimum atomic E-state index is 0.854. The van der Waals surface area contributed by atoms with Crippen molar-refractivity contribution in [2.24, 2.45) is 11.7 Å². The van der Waals surface area contributed by atoms with E-state index in [4.69, 9.17) is 5.73 Å².